The maximum absolute atomic E-state index is 13.1. The second-order valence-electron chi connectivity index (χ2n) is 7.34. The Kier molecular flexibility index (Phi) is 3.97. The van der Waals surface area contributed by atoms with E-state index in [1.165, 1.54) is 12.2 Å². The molecule has 3 fully saturated rings. The van der Waals surface area contributed by atoms with Crippen molar-refractivity contribution >= 4 is 23.6 Å². The van der Waals surface area contributed by atoms with Gasteiger partial charge in [-0.3, -0.25) is 9.59 Å². The Balaban J connectivity index is 1.85. The number of carbonyl (C=O) groups is 2. The third-order valence-electron chi connectivity index (χ3n) is 5.20. The molecule has 21 heavy (non-hydrogen) atoms. The molecule has 1 aliphatic carbocycles. The number of nitrogens with zero attached hydrogens (tertiary/aromatic N) is 1. The van der Waals surface area contributed by atoms with Crippen molar-refractivity contribution in [1.29, 1.82) is 0 Å². The normalized spacial score (nSPS) is 37.2. The molecule has 0 spiro atoms. The zero-order valence-electron chi connectivity index (χ0n) is 13.2. The summed E-state index contributed by atoms with van der Waals surface area (Å²) in [6.45, 7) is 6.75. The van der Waals surface area contributed by atoms with Crippen molar-refractivity contribution in [3.8, 4) is 0 Å². The Morgan fingerprint density at radius 3 is 2.57 bits per heavy atom. The molecule has 3 atom stereocenters. The highest BCUT2D eigenvalue weighted by atomic mass is 32.2. The summed E-state index contributed by atoms with van der Waals surface area (Å²) in [6.07, 6.45) is 3.28. The maximum atomic E-state index is 13.1. The molecule has 2 saturated heterocycles. The van der Waals surface area contributed by atoms with Gasteiger partial charge in [-0.2, -0.15) is 11.8 Å². The SMILES string of the molecule is CC(C)C1C(=O)NC(C)(C2CC2)C(=O)N1CC1CCSC1. The fourth-order valence-electron chi connectivity index (χ4n) is 3.75. The quantitative estimate of drug-likeness (QED) is 0.863. The average molecular weight is 310 g/mol. The number of amides is 2. The lowest BCUT2D eigenvalue weighted by molar-refractivity contribution is -0.157. The number of rotatable bonds is 4. The third kappa shape index (κ3) is 2.69. The standard InChI is InChI=1S/C16H26N2O2S/c1-10(2)13-14(19)17-16(3,12-4-5-12)15(20)18(13)8-11-6-7-21-9-11/h10-13H,4-9H2,1-3H3,(H,17,19). The first-order valence-electron chi connectivity index (χ1n) is 8.14. The van der Waals surface area contributed by atoms with Crippen LogP contribution in [-0.4, -0.2) is 46.3 Å². The third-order valence-corrected chi connectivity index (χ3v) is 6.43. The lowest BCUT2D eigenvalue weighted by Crippen LogP contribution is -2.71. The van der Waals surface area contributed by atoms with Gasteiger partial charge in [-0.05, 0) is 55.4 Å². The molecular weight excluding hydrogens is 284 g/mol. The smallest absolute Gasteiger partial charge is 0.249 e. The molecule has 0 aromatic heterocycles. The molecule has 1 N–H and O–H groups in total. The largest absolute Gasteiger partial charge is 0.340 e. The minimum absolute atomic E-state index is 0.0460. The van der Waals surface area contributed by atoms with Crippen LogP contribution in [0.5, 0.6) is 0 Å². The van der Waals surface area contributed by atoms with Gasteiger partial charge in [0, 0.05) is 6.54 Å². The van der Waals surface area contributed by atoms with E-state index in [0.717, 1.165) is 25.1 Å². The van der Waals surface area contributed by atoms with Crippen molar-refractivity contribution in [2.45, 2.75) is 51.6 Å². The van der Waals surface area contributed by atoms with Gasteiger partial charge in [-0.25, -0.2) is 0 Å². The number of piperazine rings is 1. The van der Waals surface area contributed by atoms with Crippen LogP contribution in [0.3, 0.4) is 0 Å². The molecule has 3 aliphatic rings. The van der Waals surface area contributed by atoms with Crippen LogP contribution in [0.1, 0.15) is 40.0 Å². The van der Waals surface area contributed by atoms with Crippen LogP contribution in [0.4, 0.5) is 0 Å². The van der Waals surface area contributed by atoms with E-state index in [1.807, 2.05) is 37.4 Å². The summed E-state index contributed by atoms with van der Waals surface area (Å²) in [5, 5.41) is 3.06. The summed E-state index contributed by atoms with van der Waals surface area (Å²) in [4.78, 5) is 27.6. The minimum atomic E-state index is -0.659. The summed E-state index contributed by atoms with van der Waals surface area (Å²) in [7, 11) is 0. The highest BCUT2D eigenvalue weighted by Gasteiger charge is 2.55. The molecule has 5 heteroatoms. The van der Waals surface area contributed by atoms with Crippen molar-refractivity contribution in [3.63, 3.8) is 0 Å². The van der Waals surface area contributed by atoms with Crippen molar-refractivity contribution in [1.82, 2.24) is 10.2 Å². The fourth-order valence-corrected chi connectivity index (χ4v) is 5.02. The molecule has 118 valence electrons. The Morgan fingerprint density at radius 2 is 2.05 bits per heavy atom. The van der Waals surface area contributed by atoms with Crippen LogP contribution in [0, 0.1) is 17.8 Å². The summed E-state index contributed by atoms with van der Waals surface area (Å²) in [5.74, 6) is 3.55. The van der Waals surface area contributed by atoms with E-state index in [-0.39, 0.29) is 23.8 Å². The van der Waals surface area contributed by atoms with E-state index in [1.54, 1.807) is 0 Å². The average Bonchev–Trinajstić information content (AvgIpc) is 3.15. The number of nitrogens with one attached hydrogen (secondary N) is 1. The molecule has 4 nitrogen and oxygen atoms in total. The van der Waals surface area contributed by atoms with Gasteiger partial charge in [0.05, 0.1) is 0 Å². The molecule has 0 aromatic carbocycles. The molecule has 0 aromatic rings. The topological polar surface area (TPSA) is 49.4 Å². The van der Waals surface area contributed by atoms with E-state index in [2.05, 4.69) is 5.32 Å². The first-order valence-corrected chi connectivity index (χ1v) is 9.29. The lowest BCUT2D eigenvalue weighted by Gasteiger charge is -2.46. The molecule has 1 saturated carbocycles. The van der Waals surface area contributed by atoms with Crippen molar-refractivity contribution in [2.24, 2.45) is 17.8 Å². The summed E-state index contributed by atoms with van der Waals surface area (Å²) >= 11 is 1.96. The van der Waals surface area contributed by atoms with Gasteiger partial charge in [0.2, 0.25) is 11.8 Å². The fraction of sp³-hybridized carbons (Fsp3) is 0.875. The Hall–Kier alpha value is -0.710. The first kappa shape index (κ1) is 15.2. The first-order chi connectivity index (χ1) is 9.93. The van der Waals surface area contributed by atoms with E-state index >= 15 is 0 Å². The van der Waals surface area contributed by atoms with Gasteiger partial charge in [0.15, 0.2) is 0 Å². The van der Waals surface area contributed by atoms with E-state index in [9.17, 15) is 9.59 Å². The Bertz CT molecular complexity index is 444. The second-order valence-corrected chi connectivity index (χ2v) is 8.49. The van der Waals surface area contributed by atoms with Gasteiger partial charge >= 0.3 is 0 Å². The Labute approximate surface area is 131 Å². The van der Waals surface area contributed by atoms with Crippen LogP contribution < -0.4 is 5.32 Å². The molecule has 3 unspecified atom stereocenters. The van der Waals surface area contributed by atoms with Crippen molar-refractivity contribution < 1.29 is 9.59 Å². The molecule has 3 rings (SSSR count). The van der Waals surface area contributed by atoms with Gasteiger partial charge in [-0.1, -0.05) is 13.8 Å². The zero-order chi connectivity index (χ0) is 15.2. The molecule has 0 radical (unpaired) electrons. The Morgan fingerprint density at radius 1 is 1.33 bits per heavy atom. The van der Waals surface area contributed by atoms with E-state index in [0.29, 0.717) is 11.8 Å². The molecular formula is C16H26N2O2S. The lowest BCUT2D eigenvalue weighted by atomic mass is 9.86. The molecule has 2 aliphatic heterocycles. The van der Waals surface area contributed by atoms with Crippen LogP contribution in [0.25, 0.3) is 0 Å². The number of carbonyl (C=O) groups excluding carboxylic acids is 2. The molecule has 2 amide bonds. The summed E-state index contributed by atoms with van der Waals surface area (Å²) < 4.78 is 0. The van der Waals surface area contributed by atoms with Gasteiger partial charge in [0.1, 0.15) is 11.6 Å². The molecule has 2 heterocycles. The van der Waals surface area contributed by atoms with Gasteiger partial charge < -0.3 is 10.2 Å². The summed E-state index contributed by atoms with van der Waals surface area (Å²) in [5.41, 5.74) is -0.659. The second kappa shape index (κ2) is 5.49. The van der Waals surface area contributed by atoms with Crippen LogP contribution in [-0.2, 0) is 9.59 Å². The summed E-state index contributed by atoms with van der Waals surface area (Å²) in [6, 6.07) is -0.296. The van der Waals surface area contributed by atoms with Crippen LogP contribution in [0.2, 0.25) is 0 Å². The predicted octanol–water partition coefficient (Wildman–Crippen LogP) is 1.89. The van der Waals surface area contributed by atoms with Crippen molar-refractivity contribution in [2.75, 3.05) is 18.1 Å². The maximum Gasteiger partial charge on any atom is 0.249 e. The monoisotopic (exact) mass is 310 g/mol. The number of hydrogen-bond acceptors (Lipinski definition) is 3. The van der Waals surface area contributed by atoms with Crippen LogP contribution >= 0.6 is 11.8 Å². The van der Waals surface area contributed by atoms with E-state index < -0.39 is 5.54 Å². The zero-order valence-corrected chi connectivity index (χ0v) is 14.0. The number of hydrogen-bond donors (Lipinski definition) is 1. The minimum Gasteiger partial charge on any atom is -0.340 e. The van der Waals surface area contributed by atoms with Crippen molar-refractivity contribution in [3.05, 3.63) is 0 Å². The van der Waals surface area contributed by atoms with Gasteiger partial charge in [0.25, 0.3) is 0 Å². The van der Waals surface area contributed by atoms with Crippen LogP contribution in [0.15, 0.2) is 0 Å². The molecule has 0 bridgehead atoms. The highest BCUT2D eigenvalue weighted by Crippen LogP contribution is 2.43. The highest BCUT2D eigenvalue weighted by molar-refractivity contribution is 7.99. The predicted molar refractivity (Wildman–Crippen MR) is 85.0 cm³/mol. The number of thioether (sulfide) groups is 1. The van der Waals surface area contributed by atoms with Gasteiger partial charge in [-0.15, -0.1) is 0 Å². The van der Waals surface area contributed by atoms with E-state index in [4.69, 9.17) is 0 Å².